The van der Waals surface area contributed by atoms with Crippen LogP contribution in [0.1, 0.15) is 37.2 Å². The number of aromatic nitrogens is 2. The summed E-state index contributed by atoms with van der Waals surface area (Å²) in [5, 5.41) is 4.46. The number of hydrogen-bond donors (Lipinski definition) is 1. The molecule has 0 aliphatic heterocycles. The van der Waals surface area contributed by atoms with Crippen molar-refractivity contribution in [2.24, 2.45) is 5.73 Å². The maximum Gasteiger partial charge on any atom is 0.175 e. The minimum absolute atomic E-state index is 0.276. The monoisotopic (exact) mass is 307 g/mol. The van der Waals surface area contributed by atoms with Gasteiger partial charge in [0, 0.05) is 31.0 Å². The number of nitrogens with two attached hydrogens (primary N) is 1. The molecule has 0 bridgehead atoms. The van der Waals surface area contributed by atoms with E-state index in [4.69, 9.17) is 5.73 Å². The van der Waals surface area contributed by atoms with Crippen molar-refractivity contribution in [3.63, 3.8) is 0 Å². The van der Waals surface area contributed by atoms with Crippen LogP contribution in [0, 0.1) is 0 Å². The Morgan fingerprint density at radius 1 is 1.29 bits per heavy atom. The first-order valence-corrected chi connectivity index (χ1v) is 8.76. The molecule has 1 atom stereocenters. The first-order chi connectivity index (χ1) is 9.77. The molecule has 0 amide bonds. The van der Waals surface area contributed by atoms with Gasteiger partial charge < -0.3 is 5.73 Å². The van der Waals surface area contributed by atoms with Crippen molar-refractivity contribution >= 4 is 9.84 Å². The van der Waals surface area contributed by atoms with Crippen LogP contribution in [0.2, 0.25) is 0 Å². The largest absolute Gasteiger partial charge is 0.324 e. The summed E-state index contributed by atoms with van der Waals surface area (Å²) in [4.78, 5) is 0.295. The number of sulfone groups is 1. The highest BCUT2D eigenvalue weighted by Crippen LogP contribution is 2.19. The van der Waals surface area contributed by atoms with Crippen LogP contribution in [0.5, 0.6) is 0 Å². The lowest BCUT2D eigenvalue weighted by atomic mass is 10.0. The van der Waals surface area contributed by atoms with Gasteiger partial charge in [-0.05, 0) is 37.6 Å². The lowest BCUT2D eigenvalue weighted by Crippen LogP contribution is -2.14. The second-order valence-electron chi connectivity index (χ2n) is 5.54. The molecular formula is C15H21N3O2S. The molecule has 5 nitrogen and oxygen atoms in total. The van der Waals surface area contributed by atoms with Crippen LogP contribution in [-0.2, 0) is 16.3 Å². The van der Waals surface area contributed by atoms with E-state index >= 15 is 0 Å². The lowest BCUT2D eigenvalue weighted by molar-refractivity contribution is 0.522. The van der Waals surface area contributed by atoms with E-state index in [-0.39, 0.29) is 6.04 Å². The molecule has 1 aromatic carbocycles. The molecular weight excluding hydrogens is 286 g/mol. The Bertz CT molecular complexity index is 720. The standard InChI is InChI=1S/C15H21N3O2S/c1-11(2)18-8-7-13(17-18)10-15(16)12-5-4-6-14(9-12)21(3,19)20/h4-9,11,15H,10,16H2,1-3H3. The van der Waals surface area contributed by atoms with E-state index in [0.717, 1.165) is 11.3 Å². The summed E-state index contributed by atoms with van der Waals surface area (Å²) >= 11 is 0. The minimum Gasteiger partial charge on any atom is -0.324 e. The predicted octanol–water partition coefficient (Wildman–Crippen LogP) is 2.11. The molecule has 0 saturated heterocycles. The summed E-state index contributed by atoms with van der Waals surface area (Å²) in [6, 6.07) is 8.77. The van der Waals surface area contributed by atoms with Crippen molar-refractivity contribution in [3.8, 4) is 0 Å². The summed E-state index contributed by atoms with van der Waals surface area (Å²) in [5.41, 5.74) is 7.89. The Hall–Kier alpha value is -1.66. The van der Waals surface area contributed by atoms with Crippen molar-refractivity contribution in [1.29, 1.82) is 0 Å². The molecule has 0 aliphatic rings. The fourth-order valence-electron chi connectivity index (χ4n) is 2.09. The molecule has 114 valence electrons. The molecule has 0 saturated carbocycles. The third kappa shape index (κ3) is 3.92. The molecule has 0 radical (unpaired) electrons. The van der Waals surface area contributed by atoms with Gasteiger partial charge in [-0.2, -0.15) is 5.10 Å². The molecule has 1 heterocycles. The molecule has 1 unspecified atom stereocenters. The fraction of sp³-hybridized carbons (Fsp3) is 0.400. The van der Waals surface area contributed by atoms with Crippen molar-refractivity contribution in [2.75, 3.05) is 6.26 Å². The summed E-state index contributed by atoms with van der Waals surface area (Å²) in [6.45, 7) is 4.12. The number of hydrogen-bond acceptors (Lipinski definition) is 4. The van der Waals surface area contributed by atoms with Gasteiger partial charge >= 0.3 is 0 Å². The lowest BCUT2D eigenvalue weighted by Gasteiger charge is -2.12. The summed E-state index contributed by atoms with van der Waals surface area (Å²) in [6.07, 6.45) is 3.70. The van der Waals surface area contributed by atoms with Gasteiger partial charge in [-0.15, -0.1) is 0 Å². The van der Waals surface area contributed by atoms with E-state index in [1.165, 1.54) is 6.26 Å². The third-order valence-corrected chi connectivity index (χ3v) is 4.45. The van der Waals surface area contributed by atoms with Gasteiger partial charge in [0.25, 0.3) is 0 Å². The topological polar surface area (TPSA) is 78.0 Å². The van der Waals surface area contributed by atoms with Gasteiger partial charge in [-0.25, -0.2) is 8.42 Å². The van der Waals surface area contributed by atoms with E-state index in [1.807, 2.05) is 23.0 Å². The Balaban J connectivity index is 2.18. The Kier molecular flexibility index (Phi) is 4.49. The van der Waals surface area contributed by atoms with Crippen molar-refractivity contribution in [2.45, 2.75) is 37.2 Å². The maximum atomic E-state index is 11.6. The molecule has 21 heavy (non-hydrogen) atoms. The molecule has 0 fully saturated rings. The quantitative estimate of drug-likeness (QED) is 0.917. The molecule has 6 heteroatoms. The van der Waals surface area contributed by atoms with Crippen molar-refractivity contribution in [3.05, 3.63) is 47.8 Å². The zero-order valence-corrected chi connectivity index (χ0v) is 13.3. The van der Waals surface area contributed by atoms with Crippen LogP contribution in [0.15, 0.2) is 41.4 Å². The van der Waals surface area contributed by atoms with Crippen LogP contribution in [0.3, 0.4) is 0 Å². The van der Waals surface area contributed by atoms with E-state index in [2.05, 4.69) is 18.9 Å². The SMILES string of the molecule is CC(C)n1ccc(CC(N)c2cccc(S(C)(=O)=O)c2)n1. The van der Waals surface area contributed by atoms with Gasteiger partial charge in [0.15, 0.2) is 9.84 Å². The maximum absolute atomic E-state index is 11.6. The third-order valence-electron chi connectivity index (χ3n) is 3.34. The van der Waals surface area contributed by atoms with E-state index in [1.54, 1.807) is 18.2 Å². The molecule has 0 spiro atoms. The summed E-state index contributed by atoms with van der Waals surface area (Å²) in [5.74, 6) is 0. The predicted molar refractivity (Wildman–Crippen MR) is 82.8 cm³/mol. The number of benzene rings is 1. The van der Waals surface area contributed by atoms with Gasteiger partial charge in [-0.1, -0.05) is 12.1 Å². The second kappa shape index (κ2) is 5.99. The van der Waals surface area contributed by atoms with Crippen LogP contribution in [0.4, 0.5) is 0 Å². The average Bonchev–Trinajstić information content (AvgIpc) is 2.86. The summed E-state index contributed by atoms with van der Waals surface area (Å²) < 4.78 is 25.1. The molecule has 2 aromatic rings. The number of rotatable bonds is 5. The second-order valence-corrected chi connectivity index (χ2v) is 7.55. The van der Waals surface area contributed by atoms with Gasteiger partial charge in [0.2, 0.25) is 0 Å². The Labute approximate surface area is 125 Å². The minimum atomic E-state index is -3.21. The van der Waals surface area contributed by atoms with Gasteiger partial charge in [-0.3, -0.25) is 4.68 Å². The fourth-order valence-corrected chi connectivity index (χ4v) is 2.77. The van der Waals surface area contributed by atoms with Gasteiger partial charge in [0.05, 0.1) is 10.6 Å². The zero-order valence-electron chi connectivity index (χ0n) is 12.5. The zero-order chi connectivity index (χ0) is 15.6. The highest BCUT2D eigenvalue weighted by Gasteiger charge is 2.13. The van der Waals surface area contributed by atoms with Crippen LogP contribution < -0.4 is 5.73 Å². The molecule has 0 aliphatic carbocycles. The Morgan fingerprint density at radius 2 is 2.00 bits per heavy atom. The first-order valence-electron chi connectivity index (χ1n) is 6.87. The van der Waals surface area contributed by atoms with Gasteiger partial charge in [0.1, 0.15) is 0 Å². The molecule has 2 rings (SSSR count). The van der Waals surface area contributed by atoms with Crippen LogP contribution in [0.25, 0.3) is 0 Å². The van der Waals surface area contributed by atoms with Crippen LogP contribution >= 0.6 is 0 Å². The Morgan fingerprint density at radius 3 is 2.57 bits per heavy atom. The van der Waals surface area contributed by atoms with Crippen molar-refractivity contribution < 1.29 is 8.42 Å². The summed E-state index contributed by atoms with van der Waals surface area (Å²) in [7, 11) is -3.21. The normalized spacial score (nSPS) is 13.6. The van der Waals surface area contributed by atoms with Crippen LogP contribution in [-0.4, -0.2) is 24.5 Å². The number of nitrogens with zero attached hydrogens (tertiary/aromatic N) is 2. The average molecular weight is 307 g/mol. The highest BCUT2D eigenvalue weighted by molar-refractivity contribution is 7.90. The van der Waals surface area contributed by atoms with Crippen molar-refractivity contribution in [1.82, 2.24) is 9.78 Å². The highest BCUT2D eigenvalue weighted by atomic mass is 32.2. The molecule has 1 aromatic heterocycles. The smallest absolute Gasteiger partial charge is 0.175 e. The van der Waals surface area contributed by atoms with E-state index in [0.29, 0.717) is 17.4 Å². The van der Waals surface area contributed by atoms with E-state index < -0.39 is 9.84 Å². The van der Waals surface area contributed by atoms with E-state index in [9.17, 15) is 8.42 Å². The molecule has 2 N–H and O–H groups in total. The first kappa shape index (κ1) is 15.7.